The molecule has 92 valence electrons. The van der Waals surface area contributed by atoms with Gasteiger partial charge in [-0.15, -0.1) is 0 Å². The average Bonchev–Trinajstić information content (AvgIpc) is 2.40. The van der Waals surface area contributed by atoms with Gasteiger partial charge in [-0.25, -0.2) is 0 Å². The molecule has 1 fully saturated rings. The third-order valence-corrected chi connectivity index (χ3v) is 3.38. The molecule has 1 saturated heterocycles. The van der Waals surface area contributed by atoms with Crippen LogP contribution >= 0.6 is 0 Å². The summed E-state index contributed by atoms with van der Waals surface area (Å²) in [5.41, 5.74) is 1.25. The Bertz CT molecular complexity index is 358. The lowest BCUT2D eigenvalue weighted by molar-refractivity contribution is -0.117. The smallest absolute Gasteiger partial charge is 0.125 e. The molecule has 3 nitrogen and oxygen atoms in total. The van der Waals surface area contributed by atoms with Crippen molar-refractivity contribution in [1.29, 1.82) is 0 Å². The van der Waals surface area contributed by atoms with E-state index in [1.807, 2.05) is 12.1 Å². The van der Waals surface area contributed by atoms with E-state index in [2.05, 4.69) is 12.1 Å². The summed E-state index contributed by atoms with van der Waals surface area (Å²) in [5, 5.41) is 0. The molecule has 1 heterocycles. The summed E-state index contributed by atoms with van der Waals surface area (Å²) < 4.78 is 10.5. The minimum absolute atomic E-state index is 0.0471. The van der Waals surface area contributed by atoms with Crippen molar-refractivity contribution in [3.05, 3.63) is 29.8 Å². The lowest BCUT2D eigenvalue weighted by Gasteiger charge is -2.27. The van der Waals surface area contributed by atoms with E-state index in [1.54, 1.807) is 7.11 Å². The lowest BCUT2D eigenvalue weighted by Crippen LogP contribution is -2.29. The molecule has 0 N–H and O–H groups in total. The highest BCUT2D eigenvalue weighted by Gasteiger charge is 2.25. The number of methoxy groups -OCH3 is 1. The number of aldehydes is 1. The summed E-state index contributed by atoms with van der Waals surface area (Å²) in [7, 11) is 1.66. The molecular weight excluding hydrogens is 216 g/mol. The highest BCUT2D eigenvalue weighted by Crippen LogP contribution is 2.25. The molecule has 0 amide bonds. The number of hydrogen-bond acceptors (Lipinski definition) is 3. The lowest BCUT2D eigenvalue weighted by atomic mass is 9.84. The second-order valence-electron chi connectivity index (χ2n) is 4.48. The van der Waals surface area contributed by atoms with E-state index in [1.165, 1.54) is 5.56 Å². The van der Waals surface area contributed by atoms with Gasteiger partial charge in [0.1, 0.15) is 12.0 Å². The van der Waals surface area contributed by atoms with E-state index in [0.29, 0.717) is 12.5 Å². The van der Waals surface area contributed by atoms with E-state index in [9.17, 15) is 4.79 Å². The molecule has 0 aromatic heterocycles. The maximum Gasteiger partial charge on any atom is 0.125 e. The van der Waals surface area contributed by atoms with Crippen molar-refractivity contribution in [2.45, 2.75) is 12.8 Å². The molecular formula is C14H18O3. The predicted octanol–water partition coefficient (Wildman–Crippen LogP) is 2.09. The number of carbonyl (C=O) groups excluding carboxylic acids is 1. The Balaban J connectivity index is 2.00. The SMILES string of the molecule is COc1ccc(CC2CCOCC2C=O)cc1. The standard InChI is InChI=1S/C14H18O3/c1-16-14-4-2-11(3-5-14)8-12-6-7-17-10-13(12)9-15/h2-5,9,12-13H,6-8,10H2,1H3. The zero-order valence-electron chi connectivity index (χ0n) is 10.1. The van der Waals surface area contributed by atoms with Crippen LogP contribution in [-0.2, 0) is 16.0 Å². The molecule has 1 aliphatic rings. The fourth-order valence-electron chi connectivity index (χ4n) is 2.27. The molecule has 2 atom stereocenters. The first-order valence-electron chi connectivity index (χ1n) is 5.99. The first-order chi connectivity index (χ1) is 8.33. The third-order valence-electron chi connectivity index (χ3n) is 3.38. The summed E-state index contributed by atoms with van der Waals surface area (Å²) in [6.07, 6.45) is 2.94. The van der Waals surface area contributed by atoms with Crippen LogP contribution in [0.2, 0.25) is 0 Å². The van der Waals surface area contributed by atoms with E-state index in [4.69, 9.17) is 9.47 Å². The van der Waals surface area contributed by atoms with Crippen LogP contribution in [0.5, 0.6) is 5.75 Å². The second kappa shape index (κ2) is 5.82. The molecule has 2 unspecified atom stereocenters. The van der Waals surface area contributed by atoms with E-state index >= 15 is 0 Å². The van der Waals surface area contributed by atoms with Gasteiger partial charge in [-0.05, 0) is 36.5 Å². The van der Waals surface area contributed by atoms with Crippen LogP contribution in [0.25, 0.3) is 0 Å². The highest BCUT2D eigenvalue weighted by atomic mass is 16.5. The fourth-order valence-corrected chi connectivity index (χ4v) is 2.27. The molecule has 2 rings (SSSR count). The van der Waals surface area contributed by atoms with Crippen LogP contribution in [0.4, 0.5) is 0 Å². The largest absolute Gasteiger partial charge is 0.497 e. The van der Waals surface area contributed by atoms with Crippen molar-refractivity contribution < 1.29 is 14.3 Å². The van der Waals surface area contributed by atoms with Crippen molar-refractivity contribution in [1.82, 2.24) is 0 Å². The van der Waals surface area contributed by atoms with Gasteiger partial charge < -0.3 is 14.3 Å². The van der Waals surface area contributed by atoms with Crippen LogP contribution in [0.15, 0.2) is 24.3 Å². The molecule has 0 radical (unpaired) electrons. The van der Waals surface area contributed by atoms with Crippen molar-refractivity contribution in [2.75, 3.05) is 20.3 Å². The first kappa shape index (κ1) is 12.1. The molecule has 1 aliphatic heterocycles. The normalized spacial score (nSPS) is 24.3. The van der Waals surface area contributed by atoms with Crippen molar-refractivity contribution in [2.24, 2.45) is 11.8 Å². The number of benzene rings is 1. The molecule has 0 saturated carbocycles. The summed E-state index contributed by atoms with van der Waals surface area (Å²) in [6.45, 7) is 1.34. The molecule has 0 aliphatic carbocycles. The van der Waals surface area contributed by atoms with Gasteiger partial charge in [-0.1, -0.05) is 12.1 Å². The van der Waals surface area contributed by atoms with Gasteiger partial charge in [0.2, 0.25) is 0 Å². The maximum atomic E-state index is 11.0. The Hall–Kier alpha value is -1.35. The highest BCUT2D eigenvalue weighted by molar-refractivity contribution is 5.54. The molecule has 0 spiro atoms. The van der Waals surface area contributed by atoms with Gasteiger partial charge in [0.15, 0.2) is 0 Å². The molecule has 1 aromatic rings. The second-order valence-corrected chi connectivity index (χ2v) is 4.48. The Morgan fingerprint density at radius 2 is 2.18 bits per heavy atom. The first-order valence-corrected chi connectivity index (χ1v) is 5.99. The minimum atomic E-state index is 0.0471. The Morgan fingerprint density at radius 3 is 2.82 bits per heavy atom. The maximum absolute atomic E-state index is 11.0. The van der Waals surface area contributed by atoms with Crippen molar-refractivity contribution in [3.63, 3.8) is 0 Å². The van der Waals surface area contributed by atoms with Gasteiger partial charge in [0.25, 0.3) is 0 Å². The van der Waals surface area contributed by atoms with Gasteiger partial charge in [-0.2, -0.15) is 0 Å². The third kappa shape index (κ3) is 3.07. The van der Waals surface area contributed by atoms with Gasteiger partial charge in [0.05, 0.1) is 13.7 Å². The summed E-state index contributed by atoms with van der Waals surface area (Å²) in [5.74, 6) is 1.33. The summed E-state index contributed by atoms with van der Waals surface area (Å²) >= 11 is 0. The number of ether oxygens (including phenoxy) is 2. The van der Waals surface area contributed by atoms with E-state index < -0.39 is 0 Å². The van der Waals surface area contributed by atoms with Crippen molar-refractivity contribution >= 4 is 6.29 Å². The summed E-state index contributed by atoms with van der Waals surface area (Å²) in [4.78, 5) is 11.0. The molecule has 1 aromatic carbocycles. The zero-order chi connectivity index (χ0) is 12.1. The average molecular weight is 234 g/mol. The van der Waals surface area contributed by atoms with E-state index in [-0.39, 0.29) is 5.92 Å². The molecule has 3 heteroatoms. The van der Waals surface area contributed by atoms with Gasteiger partial charge >= 0.3 is 0 Å². The van der Waals surface area contributed by atoms with E-state index in [0.717, 1.165) is 31.5 Å². The number of hydrogen-bond donors (Lipinski definition) is 0. The van der Waals surface area contributed by atoms with Crippen LogP contribution < -0.4 is 4.74 Å². The van der Waals surface area contributed by atoms with Crippen LogP contribution in [0.1, 0.15) is 12.0 Å². The zero-order valence-corrected chi connectivity index (χ0v) is 10.1. The molecule has 0 bridgehead atoms. The van der Waals surface area contributed by atoms with Gasteiger partial charge in [0, 0.05) is 12.5 Å². The Labute approximate surface area is 102 Å². The monoisotopic (exact) mass is 234 g/mol. The van der Waals surface area contributed by atoms with Gasteiger partial charge in [-0.3, -0.25) is 0 Å². The summed E-state index contributed by atoms with van der Waals surface area (Å²) in [6, 6.07) is 8.06. The predicted molar refractivity (Wildman–Crippen MR) is 65.2 cm³/mol. The Kier molecular flexibility index (Phi) is 4.15. The molecule has 17 heavy (non-hydrogen) atoms. The van der Waals surface area contributed by atoms with Crippen LogP contribution in [0.3, 0.4) is 0 Å². The number of rotatable bonds is 4. The quantitative estimate of drug-likeness (QED) is 0.748. The topological polar surface area (TPSA) is 35.5 Å². The minimum Gasteiger partial charge on any atom is -0.497 e. The fraction of sp³-hybridized carbons (Fsp3) is 0.500. The number of carbonyl (C=O) groups is 1. The van der Waals surface area contributed by atoms with Crippen LogP contribution in [-0.4, -0.2) is 26.6 Å². The van der Waals surface area contributed by atoms with Crippen LogP contribution in [0, 0.1) is 11.8 Å². The Morgan fingerprint density at radius 1 is 1.41 bits per heavy atom. The van der Waals surface area contributed by atoms with Crippen molar-refractivity contribution in [3.8, 4) is 5.75 Å².